The van der Waals surface area contributed by atoms with E-state index in [0.29, 0.717) is 11.3 Å². The number of non-ortho nitro benzene ring substituents is 1. The molecule has 1 fully saturated rings. The van der Waals surface area contributed by atoms with Crippen LogP contribution >= 0.6 is 22.6 Å². The number of allylic oxidation sites excluding steroid dienone is 2. The maximum Gasteiger partial charge on any atom is 0.282 e. The Labute approximate surface area is 162 Å². The van der Waals surface area contributed by atoms with E-state index < -0.39 is 16.7 Å². The number of carbonyl (C=O) groups is 2. The number of hydrogen-bond acceptors (Lipinski definition) is 4. The summed E-state index contributed by atoms with van der Waals surface area (Å²) in [6, 6.07) is 13.2. The summed E-state index contributed by atoms with van der Waals surface area (Å²) in [5.74, 6) is -0.961. The Hall–Kier alpha value is -3.01. The van der Waals surface area contributed by atoms with E-state index in [9.17, 15) is 19.7 Å². The number of nitro benzene ring substituents is 1. The van der Waals surface area contributed by atoms with Crippen LogP contribution in [0.15, 0.2) is 66.3 Å². The molecule has 130 valence electrons. The zero-order valence-electron chi connectivity index (χ0n) is 13.3. The average molecular weight is 461 g/mol. The fourth-order valence-corrected chi connectivity index (χ4v) is 2.71. The summed E-state index contributed by atoms with van der Waals surface area (Å²) in [5.41, 5.74) is 3.63. The third-order valence-electron chi connectivity index (χ3n) is 3.61. The molecule has 0 saturated carbocycles. The van der Waals surface area contributed by atoms with E-state index in [1.807, 2.05) is 12.1 Å². The molecule has 1 saturated heterocycles. The molecule has 0 aliphatic carbocycles. The smallest absolute Gasteiger partial charge is 0.267 e. The zero-order chi connectivity index (χ0) is 18.7. The highest BCUT2D eigenvalue weighted by atomic mass is 127. The van der Waals surface area contributed by atoms with Crippen molar-refractivity contribution in [2.24, 2.45) is 0 Å². The molecule has 3 rings (SSSR count). The molecule has 1 aliphatic rings. The predicted molar refractivity (Wildman–Crippen MR) is 105 cm³/mol. The number of hydrazine groups is 1. The normalized spacial score (nSPS) is 15.7. The van der Waals surface area contributed by atoms with Crippen LogP contribution < -0.4 is 10.4 Å². The number of benzene rings is 2. The van der Waals surface area contributed by atoms with Crippen LogP contribution in [0.25, 0.3) is 6.08 Å². The minimum Gasteiger partial charge on any atom is -0.267 e. The van der Waals surface area contributed by atoms with Crippen molar-refractivity contribution in [2.75, 3.05) is 5.01 Å². The minimum atomic E-state index is -0.503. The maximum atomic E-state index is 12.4. The second-order valence-electron chi connectivity index (χ2n) is 5.35. The van der Waals surface area contributed by atoms with Gasteiger partial charge in [-0.1, -0.05) is 24.3 Å². The van der Waals surface area contributed by atoms with Gasteiger partial charge in [-0.15, -0.1) is 0 Å². The van der Waals surface area contributed by atoms with E-state index in [0.717, 1.165) is 3.57 Å². The SMILES string of the molecule is O=C1NN(c2ccc(I)cc2)C(=O)/C1=C\C=C\c1cccc([N+](=O)[O-])c1. The van der Waals surface area contributed by atoms with Crippen LogP contribution in [0.1, 0.15) is 5.56 Å². The van der Waals surface area contributed by atoms with Crippen molar-refractivity contribution in [3.8, 4) is 0 Å². The van der Waals surface area contributed by atoms with E-state index in [1.54, 1.807) is 30.3 Å². The van der Waals surface area contributed by atoms with Gasteiger partial charge in [0.25, 0.3) is 17.5 Å². The highest BCUT2D eigenvalue weighted by Gasteiger charge is 2.33. The van der Waals surface area contributed by atoms with E-state index in [-0.39, 0.29) is 11.3 Å². The van der Waals surface area contributed by atoms with Crippen molar-refractivity contribution in [2.45, 2.75) is 0 Å². The quantitative estimate of drug-likeness (QED) is 0.249. The fourth-order valence-electron chi connectivity index (χ4n) is 2.35. The van der Waals surface area contributed by atoms with Gasteiger partial charge in [0, 0.05) is 15.7 Å². The maximum absolute atomic E-state index is 12.4. The Balaban J connectivity index is 1.79. The van der Waals surface area contributed by atoms with Crippen LogP contribution in [0, 0.1) is 13.7 Å². The molecule has 0 unspecified atom stereocenters. The number of halogens is 1. The monoisotopic (exact) mass is 461 g/mol. The van der Waals surface area contributed by atoms with Gasteiger partial charge in [-0.25, -0.2) is 5.01 Å². The third kappa shape index (κ3) is 3.80. The number of nitrogens with one attached hydrogen (secondary N) is 1. The number of amides is 2. The Morgan fingerprint density at radius 3 is 2.54 bits per heavy atom. The van der Waals surface area contributed by atoms with Crippen molar-refractivity contribution < 1.29 is 14.5 Å². The second kappa shape index (κ2) is 7.48. The molecule has 0 radical (unpaired) electrons. The van der Waals surface area contributed by atoms with Gasteiger partial charge in [-0.2, -0.15) is 0 Å². The Morgan fingerprint density at radius 1 is 1.12 bits per heavy atom. The summed E-state index contributed by atoms with van der Waals surface area (Å²) >= 11 is 2.15. The molecular weight excluding hydrogens is 449 g/mol. The van der Waals surface area contributed by atoms with E-state index in [2.05, 4.69) is 28.0 Å². The minimum absolute atomic E-state index is 0.00905. The summed E-state index contributed by atoms with van der Waals surface area (Å²) in [6.07, 6.45) is 4.50. The highest BCUT2D eigenvalue weighted by molar-refractivity contribution is 14.1. The summed E-state index contributed by atoms with van der Waals surface area (Å²) in [6.45, 7) is 0. The molecule has 0 bridgehead atoms. The Kier molecular flexibility index (Phi) is 5.12. The lowest BCUT2D eigenvalue weighted by Crippen LogP contribution is -2.35. The predicted octanol–water partition coefficient (Wildman–Crippen LogP) is 3.22. The molecule has 0 atom stereocenters. The Morgan fingerprint density at radius 2 is 1.85 bits per heavy atom. The molecule has 1 N–H and O–H groups in total. The van der Waals surface area contributed by atoms with Gasteiger partial charge in [-0.05, 0) is 58.5 Å². The summed E-state index contributed by atoms with van der Waals surface area (Å²) < 4.78 is 1.01. The molecular formula is C18H12IN3O4. The number of hydrogen-bond donors (Lipinski definition) is 1. The van der Waals surface area contributed by atoms with Gasteiger partial charge in [0.05, 0.1) is 10.6 Å². The molecule has 2 amide bonds. The summed E-state index contributed by atoms with van der Waals surface area (Å²) in [7, 11) is 0. The first-order chi connectivity index (χ1) is 12.5. The lowest BCUT2D eigenvalue weighted by Gasteiger charge is -2.14. The van der Waals surface area contributed by atoms with Crippen molar-refractivity contribution in [1.29, 1.82) is 0 Å². The highest BCUT2D eigenvalue weighted by Crippen LogP contribution is 2.21. The van der Waals surface area contributed by atoms with Gasteiger partial charge in [0.2, 0.25) is 0 Å². The van der Waals surface area contributed by atoms with Gasteiger partial charge in [-0.3, -0.25) is 25.1 Å². The standard InChI is InChI=1S/C18H12IN3O4/c19-13-7-9-14(10-8-13)21-18(24)16(17(23)20-21)6-2-4-12-3-1-5-15(11-12)22(25)26/h1-11H,(H,20,23)/b4-2+,16-6-. The van der Waals surface area contributed by atoms with Crippen LogP contribution in [0.4, 0.5) is 11.4 Å². The largest absolute Gasteiger partial charge is 0.282 e. The molecule has 8 heteroatoms. The number of nitro groups is 1. The number of anilines is 1. The second-order valence-corrected chi connectivity index (χ2v) is 6.60. The first-order valence-corrected chi connectivity index (χ1v) is 8.57. The van der Waals surface area contributed by atoms with E-state index in [1.165, 1.54) is 29.3 Å². The summed E-state index contributed by atoms with van der Waals surface area (Å²) in [5, 5.41) is 12.0. The molecule has 0 spiro atoms. The number of nitrogens with zero attached hydrogens (tertiary/aromatic N) is 2. The molecule has 26 heavy (non-hydrogen) atoms. The molecule has 2 aromatic carbocycles. The van der Waals surface area contributed by atoms with Crippen LogP contribution in [0.3, 0.4) is 0 Å². The number of carbonyl (C=O) groups excluding carboxylic acids is 2. The lowest BCUT2D eigenvalue weighted by atomic mass is 10.1. The first-order valence-electron chi connectivity index (χ1n) is 7.49. The van der Waals surface area contributed by atoms with Crippen molar-refractivity contribution in [1.82, 2.24) is 5.43 Å². The average Bonchev–Trinajstić information content (AvgIpc) is 2.91. The topological polar surface area (TPSA) is 92.6 Å². The molecule has 1 heterocycles. The van der Waals surface area contributed by atoms with Crippen LogP contribution in [0.2, 0.25) is 0 Å². The van der Waals surface area contributed by atoms with Crippen molar-refractivity contribution in [3.63, 3.8) is 0 Å². The summed E-state index contributed by atoms with van der Waals surface area (Å²) in [4.78, 5) is 34.8. The van der Waals surface area contributed by atoms with E-state index in [4.69, 9.17) is 0 Å². The van der Waals surface area contributed by atoms with Gasteiger partial charge >= 0.3 is 0 Å². The van der Waals surface area contributed by atoms with Crippen molar-refractivity contribution in [3.05, 3.63) is 85.5 Å². The fraction of sp³-hybridized carbons (Fsp3) is 0. The zero-order valence-corrected chi connectivity index (χ0v) is 15.4. The van der Waals surface area contributed by atoms with Crippen LogP contribution in [0.5, 0.6) is 0 Å². The lowest BCUT2D eigenvalue weighted by molar-refractivity contribution is -0.384. The van der Waals surface area contributed by atoms with Gasteiger partial charge in [0.15, 0.2) is 0 Å². The molecule has 1 aliphatic heterocycles. The number of rotatable bonds is 4. The molecule has 0 aromatic heterocycles. The molecule has 7 nitrogen and oxygen atoms in total. The Bertz CT molecular complexity index is 951. The van der Waals surface area contributed by atoms with Gasteiger partial charge in [0.1, 0.15) is 5.57 Å². The van der Waals surface area contributed by atoms with Crippen LogP contribution in [-0.2, 0) is 9.59 Å². The van der Waals surface area contributed by atoms with Gasteiger partial charge < -0.3 is 0 Å². The first kappa shape index (κ1) is 17.8. The van der Waals surface area contributed by atoms with Crippen molar-refractivity contribution >= 4 is 51.9 Å². The third-order valence-corrected chi connectivity index (χ3v) is 4.33. The molecule has 2 aromatic rings. The van der Waals surface area contributed by atoms with Crippen LogP contribution in [-0.4, -0.2) is 16.7 Å². The van der Waals surface area contributed by atoms with E-state index >= 15 is 0 Å².